The van der Waals surface area contributed by atoms with Crippen molar-refractivity contribution < 1.29 is 18.6 Å². The Labute approximate surface area is 87.7 Å². The number of rotatable bonds is 3. The molecule has 72 valence electrons. The lowest BCUT2D eigenvalue weighted by atomic mass is 10.3. The Balaban J connectivity index is 2.69. The molecule has 1 rings (SSSR count). The number of hydrogen-bond donors (Lipinski definition) is 1. The predicted molar refractivity (Wildman–Crippen MR) is 51.8 cm³/mol. The largest absolute Gasteiger partial charge is 0.431 e. The summed E-state index contributed by atoms with van der Waals surface area (Å²) in [5.74, 6) is 0.0412. The fraction of sp³-hybridized carbons (Fsp3) is 0.250. The third-order valence-corrected chi connectivity index (χ3v) is 1.98. The van der Waals surface area contributed by atoms with E-state index in [1.54, 1.807) is 12.1 Å². The molecule has 0 radical (unpaired) electrons. The Morgan fingerprint density at radius 1 is 1.31 bits per heavy atom. The van der Waals surface area contributed by atoms with Gasteiger partial charge in [-0.3, -0.25) is 0 Å². The molecule has 0 aromatic heterocycles. The molecule has 0 fully saturated rings. The molecule has 0 saturated carbocycles. The number of halogens is 3. The molecule has 0 aliphatic carbocycles. The summed E-state index contributed by atoms with van der Waals surface area (Å²) in [6, 6.07) is 6.13. The number of alkyl halides is 2. The Bertz CT molecular complexity index is 274. The van der Waals surface area contributed by atoms with Crippen molar-refractivity contribution in [3.63, 3.8) is 0 Å². The van der Waals surface area contributed by atoms with E-state index in [2.05, 4.69) is 27.3 Å². The molecule has 0 aliphatic heterocycles. The van der Waals surface area contributed by atoms with E-state index in [1.807, 2.05) is 0 Å². The van der Waals surface area contributed by atoms with E-state index in [-0.39, 0.29) is 5.75 Å². The average Bonchev–Trinajstić information content (AvgIpc) is 2.09. The Morgan fingerprint density at radius 2 is 1.85 bits per heavy atom. The minimum absolute atomic E-state index is 0.0412. The van der Waals surface area contributed by atoms with Crippen LogP contribution in [0.2, 0.25) is 0 Å². The molecule has 5 heteroatoms. The summed E-state index contributed by atoms with van der Waals surface area (Å²) in [4.78, 5) is 0. The van der Waals surface area contributed by atoms with Crippen molar-refractivity contribution in [3.8, 4) is 5.75 Å². The first-order valence-electron chi connectivity index (χ1n) is 3.47. The molecule has 0 amide bonds. The first-order chi connectivity index (χ1) is 6.03. The maximum atomic E-state index is 12.5. The van der Waals surface area contributed by atoms with Gasteiger partial charge in [0.2, 0.25) is 0 Å². The van der Waals surface area contributed by atoms with Gasteiger partial charge in [0.1, 0.15) is 12.4 Å². The van der Waals surface area contributed by atoms with Crippen molar-refractivity contribution >= 4 is 22.6 Å². The lowest BCUT2D eigenvalue weighted by molar-refractivity contribution is -0.200. The monoisotopic (exact) mass is 300 g/mol. The van der Waals surface area contributed by atoms with Gasteiger partial charge >= 0.3 is 6.11 Å². The standard InChI is InChI=1S/C8H7F2IO2/c9-8(10,5-12)13-7-3-1-6(11)2-4-7/h1-4,12H,5H2. The zero-order valence-electron chi connectivity index (χ0n) is 6.51. The van der Waals surface area contributed by atoms with Gasteiger partial charge in [-0.1, -0.05) is 0 Å². The highest BCUT2D eigenvalue weighted by molar-refractivity contribution is 14.1. The first kappa shape index (κ1) is 10.6. The van der Waals surface area contributed by atoms with Crippen molar-refractivity contribution in [1.82, 2.24) is 0 Å². The van der Waals surface area contributed by atoms with Crippen molar-refractivity contribution in [2.75, 3.05) is 6.61 Å². The fourth-order valence-electron chi connectivity index (χ4n) is 0.707. The summed E-state index contributed by atoms with van der Waals surface area (Å²) in [7, 11) is 0. The van der Waals surface area contributed by atoms with Crippen molar-refractivity contribution in [3.05, 3.63) is 27.8 Å². The molecule has 0 bridgehead atoms. The van der Waals surface area contributed by atoms with E-state index in [4.69, 9.17) is 5.11 Å². The maximum Gasteiger partial charge on any atom is 0.421 e. The van der Waals surface area contributed by atoms with E-state index >= 15 is 0 Å². The SMILES string of the molecule is OCC(F)(F)Oc1ccc(I)cc1. The molecule has 1 aromatic rings. The molecule has 0 spiro atoms. The summed E-state index contributed by atoms with van der Waals surface area (Å²) < 4.78 is 30.1. The van der Waals surface area contributed by atoms with Crippen LogP contribution in [0.4, 0.5) is 8.78 Å². The van der Waals surface area contributed by atoms with Gasteiger partial charge in [-0.25, -0.2) is 0 Å². The molecule has 0 unspecified atom stereocenters. The second-order valence-corrected chi connectivity index (χ2v) is 3.60. The zero-order valence-corrected chi connectivity index (χ0v) is 8.66. The van der Waals surface area contributed by atoms with Gasteiger partial charge in [0, 0.05) is 3.57 Å². The fourth-order valence-corrected chi connectivity index (χ4v) is 1.07. The number of hydrogen-bond acceptors (Lipinski definition) is 2. The minimum atomic E-state index is -3.51. The van der Waals surface area contributed by atoms with Gasteiger partial charge in [-0.2, -0.15) is 8.78 Å². The van der Waals surface area contributed by atoms with Crippen LogP contribution < -0.4 is 4.74 Å². The van der Waals surface area contributed by atoms with Crippen LogP contribution in [-0.2, 0) is 0 Å². The quantitative estimate of drug-likeness (QED) is 0.868. The molecular weight excluding hydrogens is 293 g/mol. The summed E-state index contributed by atoms with van der Waals surface area (Å²) in [6.45, 7) is -1.32. The summed E-state index contributed by atoms with van der Waals surface area (Å²) in [6.07, 6.45) is -3.51. The minimum Gasteiger partial charge on any atom is -0.431 e. The van der Waals surface area contributed by atoms with E-state index in [1.165, 1.54) is 12.1 Å². The van der Waals surface area contributed by atoms with Crippen LogP contribution in [0.25, 0.3) is 0 Å². The van der Waals surface area contributed by atoms with Crippen molar-refractivity contribution in [2.24, 2.45) is 0 Å². The summed E-state index contributed by atoms with van der Waals surface area (Å²) >= 11 is 2.05. The molecule has 1 N–H and O–H groups in total. The second-order valence-electron chi connectivity index (χ2n) is 2.35. The Kier molecular flexibility index (Phi) is 3.43. The second kappa shape index (κ2) is 4.19. The number of aliphatic hydroxyl groups excluding tert-OH is 1. The normalized spacial score (nSPS) is 11.4. The lowest BCUT2D eigenvalue weighted by Crippen LogP contribution is -2.28. The zero-order chi connectivity index (χ0) is 9.90. The molecule has 0 saturated heterocycles. The van der Waals surface area contributed by atoms with Gasteiger partial charge < -0.3 is 9.84 Å². The first-order valence-corrected chi connectivity index (χ1v) is 4.55. The Hall–Kier alpha value is -0.430. The van der Waals surface area contributed by atoms with Crippen LogP contribution in [0.1, 0.15) is 0 Å². The summed E-state index contributed by atoms with van der Waals surface area (Å²) in [5.41, 5.74) is 0. The molecule has 0 aliphatic rings. The predicted octanol–water partition coefficient (Wildman–Crippen LogP) is 2.26. The third-order valence-electron chi connectivity index (χ3n) is 1.26. The van der Waals surface area contributed by atoms with Gasteiger partial charge in [-0.05, 0) is 46.9 Å². The van der Waals surface area contributed by atoms with E-state index < -0.39 is 12.7 Å². The average molecular weight is 300 g/mol. The van der Waals surface area contributed by atoms with Crippen LogP contribution >= 0.6 is 22.6 Å². The number of aliphatic hydroxyl groups is 1. The third kappa shape index (κ3) is 3.43. The van der Waals surface area contributed by atoms with Gasteiger partial charge in [0.15, 0.2) is 0 Å². The highest BCUT2D eigenvalue weighted by Crippen LogP contribution is 2.21. The number of ether oxygens (including phenoxy) is 1. The van der Waals surface area contributed by atoms with Crippen LogP contribution in [0.15, 0.2) is 24.3 Å². The van der Waals surface area contributed by atoms with E-state index in [9.17, 15) is 8.78 Å². The van der Waals surface area contributed by atoms with Crippen molar-refractivity contribution in [2.45, 2.75) is 6.11 Å². The van der Waals surface area contributed by atoms with Crippen LogP contribution in [-0.4, -0.2) is 17.8 Å². The van der Waals surface area contributed by atoms with E-state index in [0.29, 0.717) is 0 Å². The molecule has 1 aromatic carbocycles. The molecule has 0 heterocycles. The number of benzene rings is 1. The van der Waals surface area contributed by atoms with Crippen molar-refractivity contribution in [1.29, 1.82) is 0 Å². The highest BCUT2D eigenvalue weighted by Gasteiger charge is 2.30. The van der Waals surface area contributed by atoms with Crippen LogP contribution in [0, 0.1) is 3.57 Å². The maximum absolute atomic E-state index is 12.5. The topological polar surface area (TPSA) is 29.5 Å². The van der Waals surface area contributed by atoms with Gasteiger partial charge in [0.25, 0.3) is 0 Å². The highest BCUT2D eigenvalue weighted by atomic mass is 127. The molecular formula is C8H7F2IO2. The van der Waals surface area contributed by atoms with E-state index in [0.717, 1.165) is 3.57 Å². The van der Waals surface area contributed by atoms with Crippen LogP contribution in [0.5, 0.6) is 5.75 Å². The molecule has 0 atom stereocenters. The smallest absolute Gasteiger partial charge is 0.421 e. The molecule has 2 nitrogen and oxygen atoms in total. The lowest BCUT2D eigenvalue weighted by Gasteiger charge is -2.14. The van der Waals surface area contributed by atoms with Crippen LogP contribution in [0.3, 0.4) is 0 Å². The van der Waals surface area contributed by atoms with Gasteiger partial charge in [-0.15, -0.1) is 0 Å². The Morgan fingerprint density at radius 3 is 2.31 bits per heavy atom. The summed E-state index contributed by atoms with van der Waals surface area (Å²) in [5, 5.41) is 8.23. The molecule has 13 heavy (non-hydrogen) atoms. The van der Waals surface area contributed by atoms with Gasteiger partial charge in [0.05, 0.1) is 0 Å².